The Morgan fingerprint density at radius 3 is 2.61 bits per heavy atom. The summed E-state index contributed by atoms with van der Waals surface area (Å²) >= 11 is 13.0. The SMILES string of the molecule is CS(=O)(=O)NC1CCCCC1N1C(=O)c2ccccc2C(C(=O)NOCc2cccc(-c3nn[nH]n3)c2)C1c1ccc(Cl)cc1Cl. The van der Waals surface area contributed by atoms with Gasteiger partial charge in [0, 0.05) is 33.3 Å². The highest BCUT2D eigenvalue weighted by Crippen LogP contribution is 2.47. The van der Waals surface area contributed by atoms with Gasteiger partial charge in [0.1, 0.15) is 0 Å². The second-order valence-electron chi connectivity index (χ2n) is 11.4. The van der Waals surface area contributed by atoms with Crippen molar-refractivity contribution in [3.05, 3.63) is 99.0 Å². The number of aromatic amines is 1. The summed E-state index contributed by atoms with van der Waals surface area (Å²) in [6.07, 6.45) is 3.74. The molecule has 3 aromatic carbocycles. The van der Waals surface area contributed by atoms with Gasteiger partial charge in [0.25, 0.3) is 11.8 Å². The average Bonchev–Trinajstić information content (AvgIpc) is 3.57. The number of rotatable bonds is 9. The molecule has 1 aliphatic heterocycles. The maximum atomic E-state index is 14.4. The number of hydroxylamine groups is 1. The molecule has 0 saturated heterocycles. The number of carbonyl (C=O) groups excluding carboxylic acids is 2. The van der Waals surface area contributed by atoms with Gasteiger partial charge in [-0.15, -0.1) is 10.2 Å². The third-order valence-corrected chi connectivity index (χ3v) is 9.63. The quantitative estimate of drug-likeness (QED) is 0.217. The summed E-state index contributed by atoms with van der Waals surface area (Å²) in [5.41, 5.74) is 5.43. The van der Waals surface area contributed by atoms with Crippen LogP contribution in [0.2, 0.25) is 10.0 Å². The van der Waals surface area contributed by atoms with E-state index in [0.29, 0.717) is 40.4 Å². The number of halogens is 2. The normalized spacial score (nSPS) is 21.5. The third-order valence-electron chi connectivity index (χ3n) is 8.33. The van der Waals surface area contributed by atoms with Gasteiger partial charge in [0.2, 0.25) is 15.8 Å². The number of sulfonamides is 1. The molecule has 4 atom stereocenters. The largest absolute Gasteiger partial charge is 0.326 e. The second kappa shape index (κ2) is 13.5. The Bertz CT molecular complexity index is 1860. The smallest absolute Gasteiger partial charge is 0.255 e. The van der Waals surface area contributed by atoms with Crippen LogP contribution in [-0.2, 0) is 26.3 Å². The van der Waals surface area contributed by atoms with Crippen LogP contribution >= 0.6 is 23.2 Å². The van der Waals surface area contributed by atoms with Crippen LogP contribution in [-0.4, -0.2) is 64.1 Å². The van der Waals surface area contributed by atoms with Crippen molar-refractivity contribution >= 4 is 45.0 Å². The van der Waals surface area contributed by atoms with Crippen molar-refractivity contribution in [1.82, 2.24) is 35.7 Å². The van der Waals surface area contributed by atoms with Gasteiger partial charge < -0.3 is 4.90 Å². The van der Waals surface area contributed by atoms with Crippen molar-refractivity contribution in [3.8, 4) is 11.4 Å². The summed E-state index contributed by atoms with van der Waals surface area (Å²) in [4.78, 5) is 36.0. The minimum atomic E-state index is -3.60. The summed E-state index contributed by atoms with van der Waals surface area (Å²) < 4.78 is 27.5. The maximum absolute atomic E-state index is 14.4. The summed E-state index contributed by atoms with van der Waals surface area (Å²) in [7, 11) is -3.60. The number of carbonyl (C=O) groups is 2. The van der Waals surface area contributed by atoms with Crippen LogP contribution < -0.4 is 10.2 Å². The molecule has 46 heavy (non-hydrogen) atoms. The van der Waals surface area contributed by atoms with E-state index in [1.165, 1.54) is 0 Å². The lowest BCUT2D eigenvalue weighted by Crippen LogP contribution is -2.59. The van der Waals surface area contributed by atoms with Crippen LogP contribution in [0.25, 0.3) is 11.4 Å². The molecule has 0 bridgehead atoms. The van der Waals surface area contributed by atoms with Gasteiger partial charge in [0.05, 0.1) is 24.8 Å². The van der Waals surface area contributed by atoms with Crippen LogP contribution in [0.4, 0.5) is 0 Å². The molecule has 1 aromatic heterocycles. The zero-order valence-electron chi connectivity index (χ0n) is 24.7. The number of nitrogens with one attached hydrogen (secondary N) is 3. The molecule has 0 spiro atoms. The Hall–Kier alpha value is -3.88. The number of hydrogen-bond acceptors (Lipinski definition) is 8. The molecule has 0 radical (unpaired) electrons. The minimum absolute atomic E-state index is 0.0315. The molecular weight excluding hydrogens is 653 g/mol. The predicted octanol–water partition coefficient (Wildman–Crippen LogP) is 4.56. The fraction of sp³-hybridized carbons (Fsp3) is 0.323. The summed E-state index contributed by atoms with van der Waals surface area (Å²) in [5, 5.41) is 14.7. The number of H-pyrrole nitrogens is 1. The zero-order valence-corrected chi connectivity index (χ0v) is 27.0. The van der Waals surface area contributed by atoms with Crippen LogP contribution in [0.15, 0.2) is 66.7 Å². The fourth-order valence-corrected chi connectivity index (χ4v) is 7.81. The molecule has 15 heteroatoms. The van der Waals surface area contributed by atoms with Crippen molar-refractivity contribution in [2.45, 2.75) is 56.3 Å². The lowest BCUT2D eigenvalue weighted by atomic mass is 9.76. The van der Waals surface area contributed by atoms with Crippen molar-refractivity contribution in [1.29, 1.82) is 0 Å². The predicted molar refractivity (Wildman–Crippen MR) is 171 cm³/mol. The van der Waals surface area contributed by atoms with E-state index in [1.54, 1.807) is 47.4 Å². The number of aromatic nitrogens is 4. The van der Waals surface area contributed by atoms with Gasteiger partial charge in [-0.2, -0.15) is 5.21 Å². The molecule has 1 saturated carbocycles. The number of tetrazole rings is 1. The van der Waals surface area contributed by atoms with E-state index in [4.69, 9.17) is 28.0 Å². The van der Waals surface area contributed by atoms with E-state index in [1.807, 2.05) is 24.3 Å². The highest BCUT2D eigenvalue weighted by Gasteiger charge is 2.49. The standard InChI is InChI=1S/C31H31Cl2N7O5S/c1-46(43,44)37-25-11-4-5-12-26(25)40-28(23-14-13-20(32)16-24(23)33)27(21-9-2-3-10-22(21)31(40)42)30(41)36-45-17-18-7-6-8-19(15-18)29-34-38-39-35-29/h2-3,6-10,13-16,25-28,37H,4-5,11-12,17H2,1H3,(H,36,41)(H,34,35,38,39). The van der Waals surface area contributed by atoms with Gasteiger partial charge in [-0.05, 0) is 59.0 Å². The molecule has 2 aliphatic rings. The molecule has 4 aromatic rings. The Morgan fingerprint density at radius 1 is 1.04 bits per heavy atom. The van der Waals surface area contributed by atoms with Crippen molar-refractivity contribution in [2.75, 3.05) is 6.26 Å². The Morgan fingerprint density at radius 2 is 1.85 bits per heavy atom. The maximum Gasteiger partial charge on any atom is 0.255 e. The van der Waals surface area contributed by atoms with Crippen molar-refractivity contribution < 1.29 is 22.8 Å². The average molecular weight is 685 g/mol. The first-order valence-electron chi connectivity index (χ1n) is 14.7. The lowest BCUT2D eigenvalue weighted by molar-refractivity contribution is -0.138. The number of amides is 2. The Labute approximate surface area is 275 Å². The molecule has 4 unspecified atom stereocenters. The zero-order chi connectivity index (χ0) is 32.4. The highest BCUT2D eigenvalue weighted by molar-refractivity contribution is 7.88. The van der Waals surface area contributed by atoms with Crippen LogP contribution in [0.5, 0.6) is 0 Å². The van der Waals surface area contributed by atoms with Gasteiger partial charge in [-0.3, -0.25) is 14.4 Å². The van der Waals surface area contributed by atoms with Crippen molar-refractivity contribution in [3.63, 3.8) is 0 Å². The topological polar surface area (TPSA) is 159 Å². The summed E-state index contributed by atoms with van der Waals surface area (Å²) in [6, 6.07) is 17.1. The Kier molecular flexibility index (Phi) is 9.39. The summed E-state index contributed by atoms with van der Waals surface area (Å²) in [5.74, 6) is -1.36. The molecule has 2 amide bonds. The van der Waals surface area contributed by atoms with Crippen LogP contribution in [0.3, 0.4) is 0 Å². The minimum Gasteiger partial charge on any atom is -0.326 e. The molecule has 1 fully saturated rings. The second-order valence-corrected chi connectivity index (χ2v) is 14.1. The molecule has 3 N–H and O–H groups in total. The molecule has 240 valence electrons. The Balaban J connectivity index is 1.37. The van der Waals surface area contributed by atoms with Gasteiger partial charge >= 0.3 is 0 Å². The molecule has 2 heterocycles. The van der Waals surface area contributed by atoms with E-state index in [0.717, 1.165) is 30.2 Å². The molecule has 6 rings (SSSR count). The summed E-state index contributed by atoms with van der Waals surface area (Å²) in [6.45, 7) is 0.0315. The monoisotopic (exact) mass is 683 g/mol. The first kappa shape index (κ1) is 32.1. The van der Waals surface area contributed by atoms with E-state index >= 15 is 0 Å². The first-order valence-corrected chi connectivity index (χ1v) is 17.3. The third kappa shape index (κ3) is 6.79. The van der Waals surface area contributed by atoms with E-state index in [2.05, 4.69) is 30.8 Å². The molecule has 12 nitrogen and oxygen atoms in total. The van der Waals surface area contributed by atoms with Crippen molar-refractivity contribution in [2.24, 2.45) is 0 Å². The van der Waals surface area contributed by atoms with E-state index in [-0.39, 0.29) is 17.5 Å². The number of fused-ring (bicyclic) bond motifs is 1. The molecule has 1 aliphatic carbocycles. The van der Waals surface area contributed by atoms with Gasteiger partial charge in [-0.25, -0.2) is 18.6 Å². The number of hydrogen-bond donors (Lipinski definition) is 3. The number of nitrogens with zero attached hydrogens (tertiary/aromatic N) is 4. The fourth-order valence-electron chi connectivity index (χ4n) is 6.47. The van der Waals surface area contributed by atoms with E-state index in [9.17, 15) is 18.0 Å². The first-order chi connectivity index (χ1) is 22.1. The van der Waals surface area contributed by atoms with Gasteiger partial charge in [-0.1, -0.05) is 78.5 Å². The number of benzene rings is 3. The lowest BCUT2D eigenvalue weighted by Gasteiger charge is -2.49. The van der Waals surface area contributed by atoms with Crippen LogP contribution in [0.1, 0.15) is 64.7 Å². The van der Waals surface area contributed by atoms with E-state index < -0.39 is 40.0 Å². The van der Waals surface area contributed by atoms with Crippen LogP contribution in [0, 0.1) is 0 Å². The van der Waals surface area contributed by atoms with Gasteiger partial charge in [0.15, 0.2) is 0 Å². The highest BCUT2D eigenvalue weighted by atomic mass is 35.5. The molecular formula is C31H31Cl2N7O5S.